The topological polar surface area (TPSA) is 96.0 Å². The van der Waals surface area contributed by atoms with E-state index in [-0.39, 0.29) is 23.4 Å². The number of methoxy groups -OCH3 is 1. The van der Waals surface area contributed by atoms with Crippen LogP contribution in [0.2, 0.25) is 0 Å². The lowest BCUT2D eigenvalue weighted by atomic mass is 10.1. The Bertz CT molecular complexity index is 1510. The van der Waals surface area contributed by atoms with Crippen molar-refractivity contribution >= 4 is 27.5 Å². The molecular weight excluding hydrogens is 550 g/mol. The van der Waals surface area contributed by atoms with E-state index in [2.05, 4.69) is 5.32 Å². The number of nitrogens with one attached hydrogen (secondary N) is 1. The lowest BCUT2D eigenvalue weighted by Gasteiger charge is -2.33. The molecule has 0 aromatic heterocycles. The van der Waals surface area contributed by atoms with Crippen molar-refractivity contribution in [2.24, 2.45) is 0 Å². The molecule has 0 bridgehead atoms. The molecule has 3 aromatic rings. The number of hydrogen-bond acceptors (Lipinski definition) is 5. The molecule has 3 aromatic carbocycles. The number of ether oxygens (including phenoxy) is 1. The summed E-state index contributed by atoms with van der Waals surface area (Å²) < 4.78 is 34.7. The largest absolute Gasteiger partial charge is 0.497 e. The maximum absolute atomic E-state index is 14.2. The van der Waals surface area contributed by atoms with Crippen molar-refractivity contribution in [1.82, 2.24) is 10.2 Å². The smallest absolute Gasteiger partial charge is 0.264 e. The van der Waals surface area contributed by atoms with Gasteiger partial charge in [-0.3, -0.25) is 13.9 Å². The number of hydrogen-bond donors (Lipinski definition) is 1. The summed E-state index contributed by atoms with van der Waals surface area (Å²) in [6.45, 7) is 6.98. The summed E-state index contributed by atoms with van der Waals surface area (Å²) in [5.74, 6) is -0.109. The van der Waals surface area contributed by atoms with Gasteiger partial charge in [0.25, 0.3) is 10.0 Å². The molecule has 1 fully saturated rings. The Balaban J connectivity index is 1.72. The van der Waals surface area contributed by atoms with Gasteiger partial charge in [0.15, 0.2) is 0 Å². The Morgan fingerprint density at radius 1 is 0.952 bits per heavy atom. The van der Waals surface area contributed by atoms with Crippen molar-refractivity contribution < 1.29 is 22.7 Å². The van der Waals surface area contributed by atoms with Gasteiger partial charge >= 0.3 is 0 Å². The number of carbonyl (C=O) groups is 2. The summed E-state index contributed by atoms with van der Waals surface area (Å²) in [6.07, 6.45) is 3.95. The van der Waals surface area contributed by atoms with Gasteiger partial charge in [-0.05, 0) is 82.0 Å². The summed E-state index contributed by atoms with van der Waals surface area (Å²) in [4.78, 5) is 29.1. The molecule has 0 saturated heterocycles. The van der Waals surface area contributed by atoms with Crippen molar-refractivity contribution in [3.05, 3.63) is 89.0 Å². The number of anilines is 1. The van der Waals surface area contributed by atoms with Gasteiger partial charge in [-0.1, -0.05) is 60.4 Å². The van der Waals surface area contributed by atoms with Gasteiger partial charge in [0.05, 0.1) is 17.7 Å². The second-order valence-corrected chi connectivity index (χ2v) is 13.0. The number of carbonyl (C=O) groups excluding carboxylic acids is 2. The first-order chi connectivity index (χ1) is 20.0. The van der Waals surface area contributed by atoms with Gasteiger partial charge in [0, 0.05) is 12.6 Å². The highest BCUT2D eigenvalue weighted by Crippen LogP contribution is 2.29. The molecule has 0 unspecified atom stereocenters. The van der Waals surface area contributed by atoms with Crippen molar-refractivity contribution in [2.45, 2.75) is 76.9 Å². The number of nitrogens with zero attached hydrogens (tertiary/aromatic N) is 2. The third kappa shape index (κ3) is 7.31. The van der Waals surface area contributed by atoms with Gasteiger partial charge in [0.1, 0.15) is 18.3 Å². The predicted molar refractivity (Wildman–Crippen MR) is 165 cm³/mol. The molecule has 42 heavy (non-hydrogen) atoms. The number of benzene rings is 3. The molecule has 0 spiro atoms. The molecule has 224 valence electrons. The monoisotopic (exact) mass is 591 g/mol. The lowest BCUT2D eigenvalue weighted by molar-refractivity contribution is -0.139. The van der Waals surface area contributed by atoms with Crippen LogP contribution >= 0.6 is 0 Å². The Morgan fingerprint density at radius 3 is 2.26 bits per heavy atom. The van der Waals surface area contributed by atoms with Crippen LogP contribution in [-0.2, 0) is 26.2 Å². The highest BCUT2D eigenvalue weighted by Gasteiger charge is 2.34. The summed E-state index contributed by atoms with van der Waals surface area (Å²) in [7, 11) is -2.55. The van der Waals surface area contributed by atoms with E-state index in [1.807, 2.05) is 57.2 Å². The second kappa shape index (κ2) is 13.4. The Labute approximate surface area is 249 Å². The molecule has 0 aliphatic heterocycles. The molecule has 1 saturated carbocycles. The van der Waals surface area contributed by atoms with Crippen LogP contribution in [-0.4, -0.2) is 50.9 Å². The van der Waals surface area contributed by atoms with Crippen molar-refractivity contribution in [3.8, 4) is 5.75 Å². The third-order valence-corrected chi connectivity index (χ3v) is 9.64. The molecule has 0 heterocycles. The summed E-state index contributed by atoms with van der Waals surface area (Å²) in [5, 5.41) is 3.09. The predicted octanol–water partition coefficient (Wildman–Crippen LogP) is 5.29. The minimum Gasteiger partial charge on any atom is -0.497 e. The second-order valence-electron chi connectivity index (χ2n) is 11.2. The lowest BCUT2D eigenvalue weighted by Crippen LogP contribution is -2.52. The van der Waals surface area contributed by atoms with E-state index in [4.69, 9.17) is 4.74 Å². The van der Waals surface area contributed by atoms with Crippen LogP contribution in [0.5, 0.6) is 5.75 Å². The number of rotatable bonds is 11. The zero-order valence-corrected chi connectivity index (χ0v) is 25.9. The van der Waals surface area contributed by atoms with Crippen LogP contribution in [0.15, 0.2) is 71.6 Å². The number of aryl methyl sites for hydroxylation is 3. The Hall–Kier alpha value is -3.85. The fraction of sp³-hybridized carbons (Fsp3) is 0.394. The molecule has 1 N–H and O–H groups in total. The number of amides is 2. The van der Waals surface area contributed by atoms with Gasteiger partial charge in [0.2, 0.25) is 11.8 Å². The van der Waals surface area contributed by atoms with Gasteiger partial charge in [-0.15, -0.1) is 0 Å². The molecule has 1 aliphatic rings. The van der Waals surface area contributed by atoms with Gasteiger partial charge < -0.3 is 15.0 Å². The fourth-order valence-electron chi connectivity index (χ4n) is 5.38. The molecule has 1 aliphatic carbocycles. The van der Waals surface area contributed by atoms with E-state index >= 15 is 0 Å². The number of sulfonamides is 1. The van der Waals surface area contributed by atoms with Crippen LogP contribution in [0.1, 0.15) is 54.9 Å². The van der Waals surface area contributed by atoms with Crippen LogP contribution in [0.3, 0.4) is 0 Å². The Kier molecular flexibility index (Phi) is 9.93. The highest BCUT2D eigenvalue weighted by atomic mass is 32.2. The summed E-state index contributed by atoms with van der Waals surface area (Å²) in [5.41, 5.74) is 3.81. The zero-order valence-electron chi connectivity index (χ0n) is 25.1. The van der Waals surface area contributed by atoms with E-state index in [9.17, 15) is 18.0 Å². The van der Waals surface area contributed by atoms with Crippen molar-refractivity contribution in [2.75, 3.05) is 18.0 Å². The van der Waals surface area contributed by atoms with Crippen LogP contribution in [0, 0.1) is 20.8 Å². The molecule has 4 rings (SSSR count). The first-order valence-corrected chi connectivity index (χ1v) is 15.8. The molecule has 1 atom stereocenters. The highest BCUT2D eigenvalue weighted by molar-refractivity contribution is 7.92. The van der Waals surface area contributed by atoms with Crippen LogP contribution in [0.4, 0.5) is 5.69 Å². The van der Waals surface area contributed by atoms with E-state index in [1.165, 1.54) is 4.90 Å². The van der Waals surface area contributed by atoms with E-state index < -0.39 is 28.5 Å². The molecule has 8 nitrogen and oxygen atoms in total. The summed E-state index contributed by atoms with van der Waals surface area (Å²) >= 11 is 0. The molecular formula is C33H41N3O5S. The van der Waals surface area contributed by atoms with E-state index in [1.54, 1.807) is 44.4 Å². The minimum atomic E-state index is -4.12. The maximum Gasteiger partial charge on any atom is 0.264 e. The first-order valence-electron chi connectivity index (χ1n) is 14.4. The van der Waals surface area contributed by atoms with Gasteiger partial charge in [-0.2, -0.15) is 0 Å². The van der Waals surface area contributed by atoms with Crippen LogP contribution < -0.4 is 14.4 Å². The summed E-state index contributed by atoms with van der Waals surface area (Å²) in [6, 6.07) is 18.6. The fourth-order valence-corrected chi connectivity index (χ4v) is 6.86. The van der Waals surface area contributed by atoms with Crippen LogP contribution in [0.25, 0.3) is 0 Å². The van der Waals surface area contributed by atoms with Crippen molar-refractivity contribution in [1.29, 1.82) is 0 Å². The maximum atomic E-state index is 14.2. The normalized spacial score (nSPS) is 14.3. The average Bonchev–Trinajstić information content (AvgIpc) is 3.48. The average molecular weight is 592 g/mol. The van der Waals surface area contributed by atoms with E-state index in [0.717, 1.165) is 52.2 Å². The standard InChI is InChI=1S/C33H41N3O5S/c1-23-13-16-30(17-14-23)42(39,40)36(31-18-15-24(2)19-25(31)3)22-32(37)35(21-27-9-8-12-29(20-27)41-5)26(4)33(38)34-28-10-6-7-11-28/h8-9,12-20,26,28H,6-7,10-11,21-22H2,1-5H3,(H,34,38)/t26-/m1/s1. The third-order valence-electron chi connectivity index (χ3n) is 7.86. The van der Waals surface area contributed by atoms with Crippen molar-refractivity contribution in [3.63, 3.8) is 0 Å². The SMILES string of the molecule is COc1cccc(CN(C(=O)CN(c2ccc(C)cc2C)S(=O)(=O)c2ccc(C)cc2)[C@H](C)C(=O)NC2CCCC2)c1. The molecule has 0 radical (unpaired) electrons. The Morgan fingerprint density at radius 2 is 1.62 bits per heavy atom. The quantitative estimate of drug-likeness (QED) is 0.327. The molecule has 2 amide bonds. The molecule has 9 heteroatoms. The van der Waals surface area contributed by atoms with E-state index in [0.29, 0.717) is 11.4 Å². The first kappa shape index (κ1) is 31.1. The zero-order chi connectivity index (χ0) is 30.4. The minimum absolute atomic E-state index is 0.0855. The van der Waals surface area contributed by atoms with Gasteiger partial charge in [-0.25, -0.2) is 8.42 Å².